The number of benzene rings is 1. The monoisotopic (exact) mass is 310 g/mol. The average molecular weight is 310 g/mol. The summed E-state index contributed by atoms with van der Waals surface area (Å²) >= 11 is 0. The fraction of sp³-hybridized carbons (Fsp3) is 0.389. The Morgan fingerprint density at radius 3 is 2.57 bits per heavy atom. The molecule has 2 aromatic rings. The van der Waals surface area contributed by atoms with Crippen molar-refractivity contribution in [3.8, 4) is 0 Å². The van der Waals surface area contributed by atoms with Crippen LogP contribution in [0.1, 0.15) is 35.7 Å². The van der Waals surface area contributed by atoms with Gasteiger partial charge in [0.2, 0.25) is 5.95 Å². The van der Waals surface area contributed by atoms with E-state index in [1.54, 1.807) is 12.4 Å². The minimum absolute atomic E-state index is 0.188. The van der Waals surface area contributed by atoms with E-state index in [0.717, 1.165) is 24.3 Å². The van der Waals surface area contributed by atoms with Crippen LogP contribution < -0.4 is 10.2 Å². The van der Waals surface area contributed by atoms with Crippen molar-refractivity contribution in [1.29, 1.82) is 0 Å². The van der Waals surface area contributed by atoms with Crippen molar-refractivity contribution in [2.45, 2.75) is 26.7 Å². The second kappa shape index (κ2) is 6.77. The molecule has 2 heterocycles. The maximum absolute atomic E-state index is 12.2. The number of rotatable bonds is 3. The number of aromatic nitrogens is 2. The predicted octanol–water partition coefficient (Wildman–Crippen LogP) is 3.27. The van der Waals surface area contributed by atoms with Gasteiger partial charge in [-0.05, 0) is 37.8 Å². The maximum Gasteiger partial charge on any atom is 0.258 e. The van der Waals surface area contributed by atoms with E-state index < -0.39 is 0 Å². The molecule has 0 saturated carbocycles. The van der Waals surface area contributed by atoms with Crippen molar-refractivity contribution in [3.05, 3.63) is 47.8 Å². The van der Waals surface area contributed by atoms with Crippen LogP contribution in [0.5, 0.6) is 0 Å². The summed E-state index contributed by atoms with van der Waals surface area (Å²) in [7, 11) is 0. The lowest BCUT2D eigenvalue weighted by atomic mass is 10.0. The molecule has 120 valence electrons. The van der Waals surface area contributed by atoms with Gasteiger partial charge in [-0.3, -0.25) is 4.79 Å². The second-order valence-electron chi connectivity index (χ2n) is 6.29. The third-order valence-corrected chi connectivity index (χ3v) is 4.15. The van der Waals surface area contributed by atoms with Gasteiger partial charge in [-0.15, -0.1) is 0 Å². The van der Waals surface area contributed by atoms with Crippen molar-refractivity contribution >= 4 is 17.5 Å². The molecule has 1 unspecified atom stereocenters. The number of anilines is 2. The Bertz CT molecular complexity index is 666. The highest BCUT2D eigenvalue weighted by Crippen LogP contribution is 2.19. The molecule has 0 bridgehead atoms. The molecule has 1 aliphatic heterocycles. The molecule has 0 aliphatic carbocycles. The van der Waals surface area contributed by atoms with Gasteiger partial charge in [0.05, 0.1) is 5.56 Å². The van der Waals surface area contributed by atoms with Gasteiger partial charge in [0.25, 0.3) is 5.91 Å². The van der Waals surface area contributed by atoms with E-state index in [1.165, 1.54) is 12.8 Å². The Morgan fingerprint density at radius 2 is 1.91 bits per heavy atom. The SMILES string of the molecule is Cc1ccc(NC(=O)c2cnc(N3CCCC(C)C3)nc2)cc1. The Kier molecular flexibility index (Phi) is 4.55. The first-order valence-corrected chi connectivity index (χ1v) is 8.07. The number of hydrogen-bond donors (Lipinski definition) is 1. The molecule has 23 heavy (non-hydrogen) atoms. The van der Waals surface area contributed by atoms with Crippen LogP contribution in [0.4, 0.5) is 11.6 Å². The van der Waals surface area contributed by atoms with Crippen molar-refractivity contribution < 1.29 is 4.79 Å². The number of nitrogens with one attached hydrogen (secondary N) is 1. The van der Waals surface area contributed by atoms with Gasteiger partial charge in [0.15, 0.2) is 0 Å². The van der Waals surface area contributed by atoms with E-state index in [-0.39, 0.29) is 5.91 Å². The Morgan fingerprint density at radius 1 is 1.22 bits per heavy atom. The van der Waals surface area contributed by atoms with E-state index in [1.807, 2.05) is 31.2 Å². The topological polar surface area (TPSA) is 58.1 Å². The first kappa shape index (κ1) is 15.5. The standard InChI is InChI=1S/C18H22N4O/c1-13-5-7-16(8-6-13)21-17(23)15-10-19-18(20-11-15)22-9-3-4-14(2)12-22/h5-8,10-11,14H,3-4,9,12H2,1-2H3,(H,21,23). The van der Waals surface area contributed by atoms with E-state index >= 15 is 0 Å². The smallest absolute Gasteiger partial charge is 0.258 e. The lowest BCUT2D eigenvalue weighted by molar-refractivity contribution is 0.102. The number of nitrogens with zero attached hydrogens (tertiary/aromatic N) is 3. The molecule has 0 radical (unpaired) electrons. The van der Waals surface area contributed by atoms with Crippen molar-refractivity contribution in [1.82, 2.24) is 9.97 Å². The van der Waals surface area contributed by atoms with E-state index in [2.05, 4.69) is 27.1 Å². The molecule has 1 N–H and O–H groups in total. The number of aryl methyl sites for hydroxylation is 1. The number of amides is 1. The van der Waals surface area contributed by atoms with Crippen molar-refractivity contribution in [3.63, 3.8) is 0 Å². The third kappa shape index (κ3) is 3.86. The summed E-state index contributed by atoms with van der Waals surface area (Å²) in [6.07, 6.45) is 5.63. The highest BCUT2D eigenvalue weighted by Gasteiger charge is 2.18. The number of carbonyl (C=O) groups excluding carboxylic acids is 1. The number of carbonyl (C=O) groups is 1. The van der Waals surface area contributed by atoms with Crippen LogP contribution in [-0.4, -0.2) is 29.0 Å². The molecular weight excluding hydrogens is 288 g/mol. The lowest BCUT2D eigenvalue weighted by Crippen LogP contribution is -2.35. The molecule has 1 saturated heterocycles. The fourth-order valence-electron chi connectivity index (χ4n) is 2.81. The van der Waals surface area contributed by atoms with Crippen molar-refractivity contribution in [2.24, 2.45) is 5.92 Å². The summed E-state index contributed by atoms with van der Waals surface area (Å²) in [4.78, 5) is 23.2. The normalized spacial score (nSPS) is 17.8. The van der Waals surface area contributed by atoms with Crippen LogP contribution in [0.3, 0.4) is 0 Å². The zero-order chi connectivity index (χ0) is 16.2. The minimum Gasteiger partial charge on any atom is -0.341 e. The highest BCUT2D eigenvalue weighted by atomic mass is 16.1. The quantitative estimate of drug-likeness (QED) is 0.945. The van der Waals surface area contributed by atoms with E-state index in [9.17, 15) is 4.79 Å². The zero-order valence-corrected chi connectivity index (χ0v) is 13.6. The van der Waals surface area contributed by atoms with Gasteiger partial charge in [-0.25, -0.2) is 9.97 Å². The van der Waals surface area contributed by atoms with Crippen LogP contribution >= 0.6 is 0 Å². The number of hydrogen-bond acceptors (Lipinski definition) is 4. The fourth-order valence-corrected chi connectivity index (χ4v) is 2.81. The van der Waals surface area contributed by atoms with E-state index in [4.69, 9.17) is 0 Å². The molecule has 3 rings (SSSR count). The molecule has 1 aliphatic rings. The van der Waals surface area contributed by atoms with Gasteiger partial charge in [-0.2, -0.15) is 0 Å². The van der Waals surface area contributed by atoms with Gasteiger partial charge in [0, 0.05) is 31.2 Å². The van der Waals surface area contributed by atoms with Crippen LogP contribution in [0.2, 0.25) is 0 Å². The predicted molar refractivity (Wildman–Crippen MR) is 91.8 cm³/mol. The molecule has 1 aromatic carbocycles. The molecular formula is C18H22N4O. The summed E-state index contributed by atoms with van der Waals surface area (Å²) in [5, 5.41) is 2.86. The first-order chi connectivity index (χ1) is 11.1. The largest absolute Gasteiger partial charge is 0.341 e. The van der Waals surface area contributed by atoms with E-state index in [0.29, 0.717) is 17.4 Å². The van der Waals surface area contributed by atoms with Gasteiger partial charge in [0.1, 0.15) is 0 Å². The molecule has 5 heteroatoms. The summed E-state index contributed by atoms with van der Waals surface area (Å²) in [5.41, 5.74) is 2.40. The first-order valence-electron chi connectivity index (χ1n) is 8.07. The van der Waals surface area contributed by atoms with Gasteiger partial charge < -0.3 is 10.2 Å². The summed E-state index contributed by atoms with van der Waals surface area (Å²) in [5.74, 6) is 1.19. The Hall–Kier alpha value is -2.43. The van der Waals surface area contributed by atoms with Crippen LogP contribution in [0, 0.1) is 12.8 Å². The number of piperidine rings is 1. The molecule has 1 aromatic heterocycles. The molecule has 0 spiro atoms. The second-order valence-corrected chi connectivity index (χ2v) is 6.29. The van der Waals surface area contributed by atoms with Gasteiger partial charge >= 0.3 is 0 Å². The van der Waals surface area contributed by atoms with Crippen molar-refractivity contribution in [2.75, 3.05) is 23.3 Å². The Balaban J connectivity index is 1.66. The minimum atomic E-state index is -0.188. The summed E-state index contributed by atoms with van der Waals surface area (Å²) < 4.78 is 0. The average Bonchev–Trinajstić information content (AvgIpc) is 2.57. The molecule has 5 nitrogen and oxygen atoms in total. The summed E-state index contributed by atoms with van der Waals surface area (Å²) in [6.45, 7) is 6.23. The Labute approximate surface area is 136 Å². The summed E-state index contributed by atoms with van der Waals surface area (Å²) in [6, 6.07) is 7.70. The zero-order valence-electron chi connectivity index (χ0n) is 13.6. The third-order valence-electron chi connectivity index (χ3n) is 4.15. The van der Waals surface area contributed by atoms with Gasteiger partial charge in [-0.1, -0.05) is 24.6 Å². The molecule has 1 atom stereocenters. The highest BCUT2D eigenvalue weighted by molar-refractivity contribution is 6.03. The van der Waals surface area contributed by atoms with Crippen LogP contribution in [0.15, 0.2) is 36.7 Å². The maximum atomic E-state index is 12.2. The van der Waals surface area contributed by atoms with Crippen LogP contribution in [-0.2, 0) is 0 Å². The lowest BCUT2D eigenvalue weighted by Gasteiger charge is -2.30. The molecule has 1 fully saturated rings. The van der Waals surface area contributed by atoms with Crippen LogP contribution in [0.25, 0.3) is 0 Å². The molecule has 1 amide bonds.